The maximum Gasteiger partial charge on any atom is 0.224 e. The van der Waals surface area contributed by atoms with Crippen molar-refractivity contribution in [2.24, 2.45) is 0 Å². The molecule has 1 amide bonds. The quantitative estimate of drug-likeness (QED) is 0.855. The van der Waals surface area contributed by atoms with Gasteiger partial charge in [-0.25, -0.2) is 0 Å². The van der Waals surface area contributed by atoms with Gasteiger partial charge >= 0.3 is 0 Å². The zero-order valence-corrected chi connectivity index (χ0v) is 14.1. The molecule has 124 valence electrons. The molecule has 4 nitrogen and oxygen atoms in total. The molecule has 2 heterocycles. The maximum atomic E-state index is 12.5. The van der Waals surface area contributed by atoms with Crippen molar-refractivity contribution in [2.75, 3.05) is 19.0 Å². The summed E-state index contributed by atoms with van der Waals surface area (Å²) in [6.07, 6.45) is 0.596. The van der Waals surface area contributed by atoms with E-state index in [1.54, 1.807) is 11.8 Å². The van der Waals surface area contributed by atoms with Gasteiger partial charge in [0.05, 0.1) is 0 Å². The zero-order chi connectivity index (χ0) is 16.4. The molecule has 5 heteroatoms. The fraction of sp³-hybridized carbons (Fsp3) is 0.316. The second kappa shape index (κ2) is 6.77. The Morgan fingerprint density at radius 3 is 2.67 bits per heavy atom. The van der Waals surface area contributed by atoms with Crippen molar-refractivity contribution >= 4 is 17.7 Å². The largest absolute Gasteiger partial charge is 0.486 e. The first-order valence-corrected chi connectivity index (χ1v) is 9.21. The third-order valence-corrected chi connectivity index (χ3v) is 5.52. The molecular formula is C19H19NO3S. The van der Waals surface area contributed by atoms with Crippen LogP contribution in [-0.4, -0.2) is 29.8 Å². The lowest BCUT2D eigenvalue weighted by Crippen LogP contribution is -2.36. The normalized spacial score (nSPS) is 20.1. The number of rotatable bonds is 3. The smallest absolute Gasteiger partial charge is 0.224 e. The van der Waals surface area contributed by atoms with Gasteiger partial charge in [0.15, 0.2) is 11.5 Å². The molecule has 0 aromatic heterocycles. The summed E-state index contributed by atoms with van der Waals surface area (Å²) in [5.41, 5.74) is 2.24. The van der Waals surface area contributed by atoms with Crippen LogP contribution >= 0.6 is 11.8 Å². The van der Waals surface area contributed by atoms with Crippen molar-refractivity contribution in [1.82, 2.24) is 4.90 Å². The van der Waals surface area contributed by atoms with E-state index in [1.165, 1.54) is 0 Å². The number of carbonyl (C=O) groups is 1. The van der Waals surface area contributed by atoms with E-state index >= 15 is 0 Å². The number of carbonyl (C=O) groups excluding carboxylic acids is 1. The van der Waals surface area contributed by atoms with E-state index in [2.05, 4.69) is 12.1 Å². The molecule has 0 radical (unpaired) electrons. The molecule has 0 spiro atoms. The first kappa shape index (κ1) is 15.4. The van der Waals surface area contributed by atoms with Crippen LogP contribution < -0.4 is 9.47 Å². The Labute approximate surface area is 145 Å². The van der Waals surface area contributed by atoms with Gasteiger partial charge in [-0.2, -0.15) is 0 Å². The predicted molar refractivity (Wildman–Crippen MR) is 94.2 cm³/mol. The molecule has 0 aliphatic carbocycles. The summed E-state index contributed by atoms with van der Waals surface area (Å²) in [6, 6.07) is 16.1. The Morgan fingerprint density at radius 1 is 1.04 bits per heavy atom. The highest BCUT2D eigenvalue weighted by Gasteiger charge is 2.30. The highest BCUT2D eigenvalue weighted by molar-refractivity contribution is 7.99. The average Bonchev–Trinajstić information content (AvgIpc) is 2.64. The molecule has 1 unspecified atom stereocenters. The maximum absolute atomic E-state index is 12.5. The van der Waals surface area contributed by atoms with Gasteiger partial charge in [0.1, 0.15) is 18.6 Å². The van der Waals surface area contributed by atoms with Gasteiger partial charge in [0, 0.05) is 18.7 Å². The summed E-state index contributed by atoms with van der Waals surface area (Å²) < 4.78 is 11.3. The SMILES string of the molecule is O=C1CCSC(c2ccc3c(c2)OCCO3)N1Cc1ccccc1. The summed E-state index contributed by atoms with van der Waals surface area (Å²) in [5.74, 6) is 2.62. The van der Waals surface area contributed by atoms with Crippen LogP contribution in [0.3, 0.4) is 0 Å². The lowest BCUT2D eigenvalue weighted by molar-refractivity contribution is -0.132. The van der Waals surface area contributed by atoms with Crippen LogP contribution in [0.4, 0.5) is 0 Å². The number of ether oxygens (including phenoxy) is 2. The molecule has 4 rings (SSSR count). The number of benzene rings is 2. The molecule has 2 aromatic rings. The number of amides is 1. The van der Waals surface area contributed by atoms with E-state index in [9.17, 15) is 4.79 Å². The number of hydrogen-bond donors (Lipinski definition) is 0. The van der Waals surface area contributed by atoms with Gasteiger partial charge in [-0.05, 0) is 23.3 Å². The Balaban J connectivity index is 1.62. The summed E-state index contributed by atoms with van der Waals surface area (Å²) in [7, 11) is 0. The van der Waals surface area contributed by atoms with Crippen molar-refractivity contribution in [1.29, 1.82) is 0 Å². The lowest BCUT2D eigenvalue weighted by atomic mass is 10.1. The van der Waals surface area contributed by atoms with Gasteiger partial charge < -0.3 is 14.4 Å². The molecule has 1 saturated heterocycles. The molecular weight excluding hydrogens is 322 g/mol. The standard InChI is InChI=1S/C19H19NO3S/c21-18-8-11-24-19(20(18)13-14-4-2-1-3-5-14)15-6-7-16-17(12-15)23-10-9-22-16/h1-7,12,19H,8-11,13H2. The van der Waals surface area contributed by atoms with Crippen LogP contribution in [0.25, 0.3) is 0 Å². The molecule has 1 atom stereocenters. The Kier molecular flexibility index (Phi) is 4.34. The first-order valence-electron chi connectivity index (χ1n) is 8.16. The summed E-state index contributed by atoms with van der Waals surface area (Å²) in [6.45, 7) is 1.79. The lowest BCUT2D eigenvalue weighted by Gasteiger charge is -2.36. The molecule has 0 bridgehead atoms. The highest BCUT2D eigenvalue weighted by atomic mass is 32.2. The summed E-state index contributed by atoms with van der Waals surface area (Å²) >= 11 is 1.81. The predicted octanol–water partition coefficient (Wildman–Crippen LogP) is 3.62. The third-order valence-electron chi connectivity index (χ3n) is 4.24. The number of fused-ring (bicyclic) bond motifs is 1. The van der Waals surface area contributed by atoms with Crippen molar-refractivity contribution < 1.29 is 14.3 Å². The van der Waals surface area contributed by atoms with E-state index in [1.807, 2.05) is 41.3 Å². The fourth-order valence-electron chi connectivity index (χ4n) is 3.06. The van der Waals surface area contributed by atoms with Gasteiger partial charge in [-0.15, -0.1) is 11.8 Å². The molecule has 0 N–H and O–H groups in total. The molecule has 1 fully saturated rings. The second-order valence-corrected chi connectivity index (χ2v) is 7.07. The first-order chi connectivity index (χ1) is 11.8. The van der Waals surface area contributed by atoms with Crippen LogP contribution in [0.5, 0.6) is 11.5 Å². The third kappa shape index (κ3) is 3.08. The van der Waals surface area contributed by atoms with Crippen LogP contribution in [0.1, 0.15) is 22.9 Å². The second-order valence-electron chi connectivity index (χ2n) is 5.88. The molecule has 2 aromatic carbocycles. The van der Waals surface area contributed by atoms with Gasteiger partial charge in [0.25, 0.3) is 0 Å². The molecule has 24 heavy (non-hydrogen) atoms. The van der Waals surface area contributed by atoms with Crippen LogP contribution in [0.15, 0.2) is 48.5 Å². The van der Waals surface area contributed by atoms with Gasteiger partial charge in [-0.3, -0.25) is 4.79 Å². The zero-order valence-electron chi connectivity index (χ0n) is 13.3. The van der Waals surface area contributed by atoms with Crippen LogP contribution in [0.2, 0.25) is 0 Å². The van der Waals surface area contributed by atoms with E-state index in [0.29, 0.717) is 26.2 Å². The fourth-order valence-corrected chi connectivity index (χ4v) is 4.29. The average molecular weight is 341 g/mol. The van der Waals surface area contributed by atoms with E-state index < -0.39 is 0 Å². The minimum absolute atomic E-state index is 0.0160. The number of nitrogens with zero attached hydrogens (tertiary/aromatic N) is 1. The van der Waals surface area contributed by atoms with Crippen LogP contribution in [0, 0.1) is 0 Å². The van der Waals surface area contributed by atoms with Gasteiger partial charge in [-0.1, -0.05) is 36.4 Å². The monoisotopic (exact) mass is 341 g/mol. The minimum atomic E-state index is 0.0160. The van der Waals surface area contributed by atoms with Crippen molar-refractivity contribution in [2.45, 2.75) is 18.3 Å². The van der Waals surface area contributed by atoms with E-state index in [4.69, 9.17) is 9.47 Å². The van der Waals surface area contributed by atoms with E-state index in [0.717, 1.165) is 28.4 Å². The van der Waals surface area contributed by atoms with Crippen molar-refractivity contribution in [3.8, 4) is 11.5 Å². The summed E-state index contributed by atoms with van der Waals surface area (Å²) in [5, 5.41) is 0.0160. The Morgan fingerprint density at radius 2 is 1.83 bits per heavy atom. The number of thioether (sulfide) groups is 1. The molecule has 2 aliphatic heterocycles. The van der Waals surface area contributed by atoms with Crippen LogP contribution in [-0.2, 0) is 11.3 Å². The van der Waals surface area contributed by atoms with E-state index in [-0.39, 0.29) is 11.3 Å². The topological polar surface area (TPSA) is 38.8 Å². The minimum Gasteiger partial charge on any atom is -0.486 e. The Bertz CT molecular complexity index is 735. The van der Waals surface area contributed by atoms with Crippen molar-refractivity contribution in [3.63, 3.8) is 0 Å². The van der Waals surface area contributed by atoms with Gasteiger partial charge in [0.2, 0.25) is 5.91 Å². The number of hydrogen-bond acceptors (Lipinski definition) is 4. The molecule has 0 saturated carbocycles. The Hall–Kier alpha value is -2.14. The van der Waals surface area contributed by atoms with Crippen molar-refractivity contribution in [3.05, 3.63) is 59.7 Å². The molecule has 2 aliphatic rings. The summed E-state index contributed by atoms with van der Waals surface area (Å²) in [4.78, 5) is 14.5. The highest BCUT2D eigenvalue weighted by Crippen LogP contribution is 2.41.